The summed E-state index contributed by atoms with van der Waals surface area (Å²) >= 11 is 6.73. The van der Waals surface area contributed by atoms with Crippen molar-refractivity contribution >= 4 is 29.0 Å². The summed E-state index contributed by atoms with van der Waals surface area (Å²) < 4.78 is 0. The Labute approximate surface area is 297 Å². The third-order valence-electron chi connectivity index (χ3n) is 17.2. The van der Waals surface area contributed by atoms with Crippen molar-refractivity contribution < 1.29 is 24.6 Å². The molecule has 9 rings (SSSR count). The first-order valence-electron chi connectivity index (χ1n) is 19.5. The van der Waals surface area contributed by atoms with Crippen LogP contribution < -0.4 is 0 Å². The lowest BCUT2D eigenvalue weighted by Gasteiger charge is -2.57. The molecule has 0 bridgehead atoms. The maximum absolute atomic E-state index is 12.3. The Kier molecular flexibility index (Phi) is 7.83. The number of hydrogen-bond donors (Lipinski definition) is 2. The minimum absolute atomic E-state index is 0.0344. The fourth-order valence-corrected chi connectivity index (χ4v) is 14.9. The highest BCUT2D eigenvalue weighted by molar-refractivity contribution is 6.32. The molecule has 0 unspecified atom stereocenters. The van der Waals surface area contributed by atoms with E-state index >= 15 is 0 Å². The Hall–Kier alpha value is -2.00. The van der Waals surface area contributed by atoms with Crippen molar-refractivity contribution in [3.05, 3.63) is 34.4 Å². The van der Waals surface area contributed by atoms with E-state index in [1.165, 1.54) is 25.3 Å². The van der Waals surface area contributed by atoms with Crippen LogP contribution in [-0.2, 0) is 14.4 Å². The van der Waals surface area contributed by atoms with Gasteiger partial charge in [0.15, 0.2) is 17.3 Å². The molecule has 0 aromatic carbocycles. The molecule has 0 saturated heterocycles. The highest BCUT2D eigenvalue weighted by atomic mass is 35.5. The monoisotopic (exact) mass is 686 g/mol. The molecule has 0 heterocycles. The number of rotatable bonds is 2. The van der Waals surface area contributed by atoms with E-state index in [1.807, 2.05) is 12.2 Å². The fraction of sp³-hybridized carbons (Fsp3) is 0.744. The van der Waals surface area contributed by atoms with Gasteiger partial charge in [-0.15, -0.1) is 6.42 Å². The van der Waals surface area contributed by atoms with Gasteiger partial charge in [-0.3, -0.25) is 14.4 Å². The Morgan fingerprint density at radius 1 is 0.898 bits per heavy atom. The van der Waals surface area contributed by atoms with Gasteiger partial charge in [0, 0.05) is 33.6 Å². The summed E-state index contributed by atoms with van der Waals surface area (Å²) in [6.45, 7) is 8.18. The van der Waals surface area contributed by atoms with Gasteiger partial charge in [0.05, 0.1) is 0 Å². The number of fused-ring (bicyclic) bond motifs is 12. The maximum Gasteiger partial charge on any atom is 0.161 e. The molecule has 6 fully saturated rings. The van der Waals surface area contributed by atoms with Gasteiger partial charge in [-0.25, -0.2) is 0 Å². The van der Waals surface area contributed by atoms with E-state index in [0.717, 1.165) is 81.2 Å². The molecule has 0 spiro atoms. The predicted octanol–water partition coefficient (Wildman–Crippen LogP) is 7.92. The molecule has 264 valence electrons. The molecular formula is C43H55ClO5. The van der Waals surface area contributed by atoms with Gasteiger partial charge in [-0.1, -0.05) is 49.9 Å². The van der Waals surface area contributed by atoms with Gasteiger partial charge in [-0.05, 0) is 155 Å². The second-order valence-corrected chi connectivity index (χ2v) is 18.7. The maximum atomic E-state index is 12.3. The van der Waals surface area contributed by atoms with Gasteiger partial charge in [0.2, 0.25) is 0 Å². The topological polar surface area (TPSA) is 91.7 Å². The largest absolute Gasteiger partial charge is 0.382 e. The summed E-state index contributed by atoms with van der Waals surface area (Å²) in [5, 5.41) is 23.1. The first kappa shape index (κ1) is 34.1. The minimum atomic E-state index is -1.20. The van der Waals surface area contributed by atoms with Gasteiger partial charge >= 0.3 is 0 Å². The molecule has 14 atom stereocenters. The number of carbonyl (C=O) groups is 3. The van der Waals surface area contributed by atoms with Crippen LogP contribution in [0.5, 0.6) is 0 Å². The Balaban J connectivity index is 0.000000143. The molecule has 9 aliphatic carbocycles. The molecule has 0 amide bonds. The Morgan fingerprint density at radius 2 is 1.63 bits per heavy atom. The van der Waals surface area contributed by atoms with Gasteiger partial charge in [0.25, 0.3) is 0 Å². The summed E-state index contributed by atoms with van der Waals surface area (Å²) in [6.07, 6.45) is 25.1. The van der Waals surface area contributed by atoms with E-state index in [-0.39, 0.29) is 45.6 Å². The average Bonchev–Trinajstić information content (AvgIpc) is 3.78. The summed E-state index contributed by atoms with van der Waals surface area (Å²) in [7, 11) is 0. The van der Waals surface area contributed by atoms with E-state index in [4.69, 9.17) is 18.0 Å². The van der Waals surface area contributed by atoms with Gasteiger partial charge < -0.3 is 10.2 Å². The fourth-order valence-electron chi connectivity index (χ4n) is 14.5. The lowest BCUT2D eigenvalue weighted by atomic mass is 9.47. The second-order valence-electron chi connectivity index (χ2n) is 18.3. The number of halogens is 1. The zero-order valence-corrected chi connectivity index (χ0v) is 30.7. The molecule has 2 N–H and O–H groups in total. The highest BCUT2D eigenvalue weighted by Crippen LogP contribution is 2.72. The van der Waals surface area contributed by atoms with Gasteiger partial charge in [-0.2, -0.15) is 0 Å². The van der Waals surface area contributed by atoms with Crippen LogP contribution >= 0.6 is 11.6 Å². The van der Waals surface area contributed by atoms with Crippen LogP contribution in [0.25, 0.3) is 0 Å². The highest BCUT2D eigenvalue weighted by Gasteiger charge is 2.69. The van der Waals surface area contributed by atoms with Crippen molar-refractivity contribution in [2.45, 2.75) is 129 Å². The normalized spacial score (nSPS) is 51.7. The molecule has 5 nitrogen and oxygen atoms in total. The van der Waals surface area contributed by atoms with Crippen LogP contribution in [0.4, 0.5) is 0 Å². The summed E-state index contributed by atoms with van der Waals surface area (Å²) in [4.78, 5) is 36.3. The van der Waals surface area contributed by atoms with Crippen LogP contribution in [0.15, 0.2) is 34.4 Å². The predicted molar refractivity (Wildman–Crippen MR) is 190 cm³/mol. The molecule has 0 aliphatic heterocycles. The Bertz CT molecular complexity index is 1630. The summed E-state index contributed by atoms with van der Waals surface area (Å²) in [6, 6.07) is 0. The first-order chi connectivity index (χ1) is 23.2. The van der Waals surface area contributed by atoms with Crippen LogP contribution in [0.2, 0.25) is 0 Å². The van der Waals surface area contributed by atoms with E-state index in [0.29, 0.717) is 47.7 Å². The van der Waals surface area contributed by atoms with Gasteiger partial charge in [0.1, 0.15) is 11.2 Å². The molecular weight excluding hydrogens is 632 g/mol. The number of hydrogen-bond acceptors (Lipinski definition) is 5. The average molecular weight is 687 g/mol. The molecule has 6 saturated carbocycles. The molecule has 0 aromatic heterocycles. The zero-order valence-electron chi connectivity index (χ0n) is 29.9. The van der Waals surface area contributed by atoms with Crippen LogP contribution in [-0.4, -0.2) is 38.8 Å². The molecule has 6 heteroatoms. The summed E-state index contributed by atoms with van der Waals surface area (Å²) in [5.41, 5.74) is -0.0920. The number of Topliss-reactive ketones (excluding diaryl/α,β-unsaturated/α-hetero) is 1. The molecule has 0 aromatic rings. The Morgan fingerprint density at radius 3 is 2.35 bits per heavy atom. The number of terminal acetylenes is 1. The quantitative estimate of drug-likeness (QED) is 0.288. The van der Waals surface area contributed by atoms with Crippen molar-refractivity contribution in [3.63, 3.8) is 0 Å². The third-order valence-corrected chi connectivity index (χ3v) is 17.6. The van der Waals surface area contributed by atoms with Crippen LogP contribution in [0.3, 0.4) is 0 Å². The van der Waals surface area contributed by atoms with Crippen LogP contribution in [0, 0.1) is 81.8 Å². The summed E-state index contributed by atoms with van der Waals surface area (Å²) in [5.74, 6) is 7.51. The molecule has 0 radical (unpaired) electrons. The zero-order chi connectivity index (χ0) is 34.9. The van der Waals surface area contributed by atoms with Crippen molar-refractivity contribution in [2.24, 2.45) is 69.5 Å². The SMILES string of the molecule is C#C[C@]1(O)CC[C@H]2[C@@H]3CCC4=CC(=O)CC[C@@H]4[C@H]3CC[C@@]21CC.CC(=O)[C@@]1(O)CC[C@H]2[C@@H]3C=C(Cl)C4=CC(=O)[C@@H]5C[C@@H]5[C@]4(C)[C@H]3CC[C@@]21C. The second kappa shape index (κ2) is 11.2. The minimum Gasteiger partial charge on any atom is -0.382 e. The van der Waals surface area contributed by atoms with E-state index in [1.54, 1.807) is 0 Å². The van der Waals surface area contributed by atoms with Crippen molar-refractivity contribution in [1.29, 1.82) is 0 Å². The molecule has 49 heavy (non-hydrogen) atoms. The lowest BCUT2D eigenvalue weighted by Crippen LogP contribution is -2.56. The first-order valence-corrected chi connectivity index (χ1v) is 19.9. The smallest absolute Gasteiger partial charge is 0.161 e. The van der Waals surface area contributed by atoms with E-state index < -0.39 is 11.2 Å². The number of aliphatic hydroxyl groups is 2. The number of ketones is 3. The van der Waals surface area contributed by atoms with Crippen LogP contribution in [0.1, 0.15) is 118 Å². The van der Waals surface area contributed by atoms with Crippen molar-refractivity contribution in [1.82, 2.24) is 0 Å². The number of allylic oxidation sites excluding steroid dienone is 5. The van der Waals surface area contributed by atoms with Crippen molar-refractivity contribution in [2.75, 3.05) is 0 Å². The third kappa shape index (κ3) is 4.42. The standard InChI is InChI=1S/C22H27ClO3.C21H28O2/c1-11(24)22(26)7-5-14-12-9-18(23)17-10-19(25)13-8-16(13)21(17,3)15(12)4-6-20(14,22)2;1-3-20-11-9-17-16-8-6-15(22)13-14(16)5-7-18(17)19(20)10-12-21(20,23)4-2/h9-10,12-16,26H,4-8H2,1-3H3;2,13,16-19,23H,3,5-12H2,1H3/t12-,13+,14-,15-,16-,20-,21-,22-;16-,17+,18+,19-,20-,21-/m00/s1. The van der Waals surface area contributed by atoms with E-state index in [9.17, 15) is 24.6 Å². The number of carbonyl (C=O) groups excluding carboxylic acids is 3. The molecule has 9 aliphatic rings. The van der Waals surface area contributed by atoms with Crippen molar-refractivity contribution in [3.8, 4) is 12.3 Å². The van der Waals surface area contributed by atoms with E-state index in [2.05, 4.69) is 32.8 Å². The lowest BCUT2D eigenvalue weighted by molar-refractivity contribution is -0.157.